The first-order chi connectivity index (χ1) is 5.79. The molecule has 0 aliphatic rings. The fourth-order valence-corrected chi connectivity index (χ4v) is 1.38. The van der Waals surface area contributed by atoms with Crippen molar-refractivity contribution in [1.29, 1.82) is 0 Å². The molecule has 0 bridgehead atoms. The molecule has 0 amide bonds. The average molecular weight is 179 g/mol. The minimum Gasteiger partial charge on any atom is -0.441 e. The molecule has 2 aromatic rings. The molecule has 0 radical (unpaired) electrons. The van der Waals surface area contributed by atoms with E-state index in [9.17, 15) is 0 Å². The van der Waals surface area contributed by atoms with Crippen LogP contribution in [0.25, 0.3) is 11.1 Å². The standard InChI is InChI=1S/C9H9NOS/c1-6-10-8-4-7(5-12)2-3-9(8)11-6/h2-4,12H,5H2,1H3. The molecule has 0 saturated heterocycles. The smallest absolute Gasteiger partial charge is 0.192 e. The topological polar surface area (TPSA) is 26.0 Å². The maximum atomic E-state index is 5.33. The lowest BCUT2D eigenvalue weighted by Crippen LogP contribution is -1.76. The highest BCUT2D eigenvalue weighted by atomic mass is 32.1. The van der Waals surface area contributed by atoms with Gasteiger partial charge in [-0.1, -0.05) is 6.07 Å². The molecule has 62 valence electrons. The van der Waals surface area contributed by atoms with Crippen molar-refractivity contribution in [2.45, 2.75) is 12.7 Å². The molecule has 0 saturated carbocycles. The highest BCUT2D eigenvalue weighted by molar-refractivity contribution is 7.79. The van der Waals surface area contributed by atoms with Crippen LogP contribution < -0.4 is 0 Å². The molecular formula is C9H9NOS. The number of hydrogen-bond donors (Lipinski definition) is 1. The summed E-state index contributed by atoms with van der Waals surface area (Å²) in [5.74, 6) is 1.45. The van der Waals surface area contributed by atoms with E-state index >= 15 is 0 Å². The summed E-state index contributed by atoms with van der Waals surface area (Å²) in [5.41, 5.74) is 2.93. The Morgan fingerprint density at radius 2 is 2.33 bits per heavy atom. The molecule has 1 aromatic heterocycles. The summed E-state index contributed by atoms with van der Waals surface area (Å²) >= 11 is 4.18. The molecule has 2 rings (SSSR count). The molecule has 0 spiro atoms. The van der Waals surface area contributed by atoms with Gasteiger partial charge in [0.1, 0.15) is 5.52 Å². The number of benzene rings is 1. The number of nitrogens with zero attached hydrogens (tertiary/aromatic N) is 1. The van der Waals surface area contributed by atoms with Gasteiger partial charge in [-0.15, -0.1) is 0 Å². The number of oxazole rings is 1. The molecule has 12 heavy (non-hydrogen) atoms. The van der Waals surface area contributed by atoms with Gasteiger partial charge in [-0.3, -0.25) is 0 Å². The molecule has 0 aliphatic heterocycles. The molecule has 2 nitrogen and oxygen atoms in total. The van der Waals surface area contributed by atoms with E-state index in [1.165, 1.54) is 5.56 Å². The van der Waals surface area contributed by atoms with Crippen LogP contribution in [-0.2, 0) is 5.75 Å². The molecule has 0 N–H and O–H groups in total. The normalized spacial score (nSPS) is 10.8. The molecule has 1 aromatic carbocycles. The maximum absolute atomic E-state index is 5.33. The van der Waals surface area contributed by atoms with Crippen LogP contribution in [0.4, 0.5) is 0 Å². The predicted molar refractivity (Wildman–Crippen MR) is 51.4 cm³/mol. The Morgan fingerprint density at radius 3 is 3.08 bits per heavy atom. The monoisotopic (exact) mass is 179 g/mol. The Kier molecular flexibility index (Phi) is 1.81. The van der Waals surface area contributed by atoms with E-state index in [4.69, 9.17) is 4.42 Å². The quantitative estimate of drug-likeness (QED) is 0.681. The van der Waals surface area contributed by atoms with Gasteiger partial charge < -0.3 is 4.42 Å². The number of fused-ring (bicyclic) bond motifs is 1. The minimum absolute atomic E-state index is 0.710. The highest BCUT2D eigenvalue weighted by Gasteiger charge is 2.01. The third-order valence-electron chi connectivity index (χ3n) is 1.74. The van der Waals surface area contributed by atoms with Gasteiger partial charge in [-0.25, -0.2) is 4.98 Å². The van der Waals surface area contributed by atoms with Crippen molar-refractivity contribution in [1.82, 2.24) is 4.98 Å². The fraction of sp³-hybridized carbons (Fsp3) is 0.222. The van der Waals surface area contributed by atoms with Crippen molar-refractivity contribution in [3.63, 3.8) is 0 Å². The van der Waals surface area contributed by atoms with E-state index < -0.39 is 0 Å². The van der Waals surface area contributed by atoms with Crippen molar-refractivity contribution in [3.8, 4) is 0 Å². The summed E-state index contributed by atoms with van der Waals surface area (Å²) < 4.78 is 5.33. The molecule has 0 aliphatic carbocycles. The van der Waals surface area contributed by atoms with Crippen LogP contribution in [0.2, 0.25) is 0 Å². The predicted octanol–water partition coefficient (Wildman–Crippen LogP) is 2.57. The van der Waals surface area contributed by atoms with Gasteiger partial charge in [0.15, 0.2) is 11.5 Å². The van der Waals surface area contributed by atoms with Crippen molar-refractivity contribution < 1.29 is 4.42 Å². The zero-order valence-corrected chi connectivity index (χ0v) is 7.64. The lowest BCUT2D eigenvalue weighted by molar-refractivity contribution is 0.561. The summed E-state index contributed by atoms with van der Waals surface area (Å²) in [5, 5.41) is 0. The Hall–Kier alpha value is -0.960. The van der Waals surface area contributed by atoms with Crippen LogP contribution in [0, 0.1) is 6.92 Å². The Bertz CT molecular complexity index is 408. The SMILES string of the molecule is Cc1nc2cc(CS)ccc2o1. The van der Waals surface area contributed by atoms with Crippen LogP contribution >= 0.6 is 12.6 Å². The Morgan fingerprint density at radius 1 is 1.50 bits per heavy atom. The number of rotatable bonds is 1. The lowest BCUT2D eigenvalue weighted by Gasteiger charge is -1.92. The first-order valence-corrected chi connectivity index (χ1v) is 4.40. The highest BCUT2D eigenvalue weighted by Crippen LogP contribution is 2.17. The minimum atomic E-state index is 0.710. The van der Waals surface area contributed by atoms with Crippen molar-refractivity contribution >= 4 is 23.7 Å². The number of thiol groups is 1. The van der Waals surface area contributed by atoms with Crippen molar-refractivity contribution in [2.75, 3.05) is 0 Å². The molecule has 0 atom stereocenters. The Labute approximate surface area is 76.0 Å². The molecule has 3 heteroatoms. The van der Waals surface area contributed by atoms with Gasteiger partial charge in [-0.2, -0.15) is 12.6 Å². The average Bonchev–Trinajstić information content (AvgIpc) is 2.43. The van der Waals surface area contributed by atoms with Gasteiger partial charge in [0.25, 0.3) is 0 Å². The zero-order chi connectivity index (χ0) is 8.55. The van der Waals surface area contributed by atoms with Gasteiger partial charge in [0.2, 0.25) is 0 Å². The van der Waals surface area contributed by atoms with Crippen molar-refractivity contribution in [3.05, 3.63) is 29.7 Å². The fourth-order valence-electron chi connectivity index (χ4n) is 1.19. The third-order valence-corrected chi connectivity index (χ3v) is 2.11. The van der Waals surface area contributed by atoms with Crippen LogP contribution in [0.5, 0.6) is 0 Å². The van der Waals surface area contributed by atoms with E-state index in [1.54, 1.807) is 0 Å². The molecule has 0 unspecified atom stereocenters. The number of aromatic nitrogens is 1. The maximum Gasteiger partial charge on any atom is 0.192 e. The second-order valence-corrected chi connectivity index (χ2v) is 3.01. The van der Waals surface area contributed by atoms with E-state index in [2.05, 4.69) is 17.6 Å². The summed E-state index contributed by atoms with van der Waals surface area (Å²) in [6, 6.07) is 5.93. The largest absolute Gasteiger partial charge is 0.441 e. The van der Waals surface area contributed by atoms with Crippen LogP contribution in [0.1, 0.15) is 11.5 Å². The zero-order valence-electron chi connectivity index (χ0n) is 6.74. The van der Waals surface area contributed by atoms with E-state index in [0.717, 1.165) is 16.9 Å². The van der Waals surface area contributed by atoms with Gasteiger partial charge >= 0.3 is 0 Å². The molecular weight excluding hydrogens is 170 g/mol. The van der Waals surface area contributed by atoms with Gasteiger partial charge in [-0.05, 0) is 17.7 Å². The van der Waals surface area contributed by atoms with Crippen molar-refractivity contribution in [2.24, 2.45) is 0 Å². The van der Waals surface area contributed by atoms with Crippen LogP contribution in [0.15, 0.2) is 22.6 Å². The van der Waals surface area contributed by atoms with E-state index in [1.807, 2.05) is 25.1 Å². The molecule has 0 fully saturated rings. The summed E-state index contributed by atoms with van der Waals surface area (Å²) in [6.07, 6.45) is 0. The first kappa shape index (κ1) is 7.68. The number of hydrogen-bond acceptors (Lipinski definition) is 3. The Balaban J connectivity index is 2.66. The summed E-state index contributed by atoms with van der Waals surface area (Å²) in [7, 11) is 0. The second kappa shape index (κ2) is 2.83. The van der Waals surface area contributed by atoms with Crippen LogP contribution in [0.3, 0.4) is 0 Å². The van der Waals surface area contributed by atoms with Gasteiger partial charge in [0.05, 0.1) is 0 Å². The van der Waals surface area contributed by atoms with E-state index in [-0.39, 0.29) is 0 Å². The lowest BCUT2D eigenvalue weighted by atomic mass is 10.2. The number of aryl methyl sites for hydroxylation is 1. The third kappa shape index (κ3) is 1.20. The second-order valence-electron chi connectivity index (χ2n) is 2.69. The molecule has 1 heterocycles. The summed E-state index contributed by atoms with van der Waals surface area (Å²) in [6.45, 7) is 1.85. The summed E-state index contributed by atoms with van der Waals surface area (Å²) in [4.78, 5) is 4.22. The van der Waals surface area contributed by atoms with Gasteiger partial charge in [0, 0.05) is 12.7 Å². The first-order valence-electron chi connectivity index (χ1n) is 3.76. The van der Waals surface area contributed by atoms with E-state index in [0.29, 0.717) is 5.89 Å². The van der Waals surface area contributed by atoms with Crippen LogP contribution in [-0.4, -0.2) is 4.98 Å².